The Bertz CT molecular complexity index is 386. The van der Waals surface area contributed by atoms with E-state index in [0.717, 1.165) is 11.8 Å². The van der Waals surface area contributed by atoms with Crippen molar-refractivity contribution in [2.24, 2.45) is 22.7 Å². The van der Waals surface area contributed by atoms with Crippen LogP contribution in [0.5, 0.6) is 0 Å². The molecule has 0 radical (unpaired) electrons. The standard InChI is InChI=1S/C17H29N/c1-6-12(2)17-10-16(4,11-17)15-9-18(5)8-7-14(15)13(17)3/h12-13H,6-11H2,1-5H3. The first kappa shape index (κ1) is 12.7. The quantitative estimate of drug-likeness (QED) is 0.664. The first-order valence-corrected chi connectivity index (χ1v) is 7.84. The fraction of sp³-hybridized carbons (Fsp3) is 0.882. The summed E-state index contributed by atoms with van der Waals surface area (Å²) in [4.78, 5) is 2.52. The maximum atomic E-state index is 2.54. The summed E-state index contributed by atoms with van der Waals surface area (Å²) in [5, 5.41) is 0. The minimum absolute atomic E-state index is 0.556. The molecular formula is C17H29N. The summed E-state index contributed by atoms with van der Waals surface area (Å²) in [6.45, 7) is 12.5. The van der Waals surface area contributed by atoms with Crippen molar-refractivity contribution in [1.82, 2.24) is 4.90 Å². The highest BCUT2D eigenvalue weighted by Gasteiger charge is 2.62. The van der Waals surface area contributed by atoms with Crippen LogP contribution in [0.2, 0.25) is 0 Å². The second-order valence-corrected chi connectivity index (χ2v) is 7.67. The molecule has 1 aliphatic heterocycles. The van der Waals surface area contributed by atoms with Crippen LogP contribution in [0, 0.1) is 22.7 Å². The molecule has 18 heavy (non-hydrogen) atoms. The van der Waals surface area contributed by atoms with E-state index in [9.17, 15) is 0 Å². The van der Waals surface area contributed by atoms with Gasteiger partial charge in [-0.05, 0) is 49.0 Å². The Labute approximate surface area is 113 Å². The zero-order chi connectivity index (χ0) is 13.1. The Morgan fingerprint density at radius 3 is 2.67 bits per heavy atom. The van der Waals surface area contributed by atoms with Crippen LogP contribution < -0.4 is 0 Å². The topological polar surface area (TPSA) is 3.24 Å². The van der Waals surface area contributed by atoms with Crippen molar-refractivity contribution in [2.45, 2.75) is 53.4 Å². The molecule has 2 bridgehead atoms. The summed E-state index contributed by atoms with van der Waals surface area (Å²) in [6.07, 6.45) is 5.61. The number of hydrogen-bond acceptors (Lipinski definition) is 1. The molecule has 4 aliphatic rings. The minimum atomic E-state index is 0.556. The minimum Gasteiger partial charge on any atom is -0.302 e. The van der Waals surface area contributed by atoms with Crippen LogP contribution in [0.4, 0.5) is 0 Å². The zero-order valence-electron chi connectivity index (χ0n) is 12.8. The lowest BCUT2D eigenvalue weighted by Crippen LogP contribution is -2.59. The summed E-state index contributed by atoms with van der Waals surface area (Å²) < 4.78 is 0. The van der Waals surface area contributed by atoms with E-state index in [2.05, 4.69) is 39.6 Å². The first-order chi connectivity index (χ1) is 8.43. The summed E-state index contributed by atoms with van der Waals surface area (Å²) in [5.41, 5.74) is 4.89. The second-order valence-electron chi connectivity index (χ2n) is 7.67. The van der Waals surface area contributed by atoms with Gasteiger partial charge in [0.25, 0.3) is 0 Å². The van der Waals surface area contributed by atoms with Gasteiger partial charge in [-0.3, -0.25) is 0 Å². The third kappa shape index (κ3) is 1.43. The molecule has 1 fully saturated rings. The number of hydrogen-bond donors (Lipinski definition) is 0. The van der Waals surface area contributed by atoms with Crippen LogP contribution in [0.3, 0.4) is 0 Å². The lowest BCUT2D eigenvalue weighted by molar-refractivity contribution is -0.103. The van der Waals surface area contributed by atoms with Gasteiger partial charge in [0.1, 0.15) is 0 Å². The fourth-order valence-corrected chi connectivity index (χ4v) is 5.42. The van der Waals surface area contributed by atoms with Crippen molar-refractivity contribution in [3.05, 3.63) is 11.1 Å². The molecule has 1 saturated carbocycles. The summed E-state index contributed by atoms with van der Waals surface area (Å²) >= 11 is 0. The highest BCUT2D eigenvalue weighted by molar-refractivity contribution is 5.39. The van der Waals surface area contributed by atoms with Gasteiger partial charge in [0.15, 0.2) is 0 Å². The molecule has 1 heterocycles. The van der Waals surface area contributed by atoms with Crippen molar-refractivity contribution in [1.29, 1.82) is 0 Å². The average Bonchev–Trinajstić information content (AvgIpc) is 2.31. The Morgan fingerprint density at radius 2 is 2.06 bits per heavy atom. The summed E-state index contributed by atoms with van der Waals surface area (Å²) in [6, 6.07) is 0. The molecule has 0 saturated heterocycles. The third-order valence-corrected chi connectivity index (χ3v) is 6.72. The van der Waals surface area contributed by atoms with Gasteiger partial charge in [-0.1, -0.05) is 45.3 Å². The summed E-state index contributed by atoms with van der Waals surface area (Å²) in [7, 11) is 2.28. The molecule has 0 aromatic rings. The van der Waals surface area contributed by atoms with Crippen LogP contribution in [0.15, 0.2) is 11.1 Å². The molecule has 0 amide bonds. The molecule has 0 N–H and O–H groups in total. The van der Waals surface area contributed by atoms with Crippen molar-refractivity contribution in [3.63, 3.8) is 0 Å². The number of nitrogens with zero attached hydrogens (tertiary/aromatic N) is 1. The molecule has 4 rings (SSSR count). The Kier molecular flexibility index (Phi) is 2.72. The van der Waals surface area contributed by atoms with E-state index in [-0.39, 0.29) is 0 Å². The van der Waals surface area contributed by atoms with E-state index in [0.29, 0.717) is 10.8 Å². The van der Waals surface area contributed by atoms with Crippen LogP contribution in [-0.4, -0.2) is 25.0 Å². The maximum Gasteiger partial charge on any atom is 0.0198 e. The van der Waals surface area contributed by atoms with E-state index in [1.165, 1.54) is 38.8 Å². The van der Waals surface area contributed by atoms with Crippen LogP contribution in [0.25, 0.3) is 0 Å². The van der Waals surface area contributed by atoms with Gasteiger partial charge in [0.2, 0.25) is 0 Å². The molecule has 1 heteroatoms. The van der Waals surface area contributed by atoms with Crippen molar-refractivity contribution in [3.8, 4) is 0 Å². The predicted molar refractivity (Wildman–Crippen MR) is 77.5 cm³/mol. The smallest absolute Gasteiger partial charge is 0.0198 e. The van der Waals surface area contributed by atoms with E-state index >= 15 is 0 Å². The predicted octanol–water partition coefficient (Wildman–Crippen LogP) is 4.10. The zero-order valence-corrected chi connectivity index (χ0v) is 12.8. The molecule has 1 nitrogen and oxygen atoms in total. The Hall–Kier alpha value is -0.300. The van der Waals surface area contributed by atoms with Gasteiger partial charge in [-0.2, -0.15) is 0 Å². The number of likely N-dealkylation sites (N-methyl/N-ethyl adjacent to an activating group) is 1. The van der Waals surface area contributed by atoms with Gasteiger partial charge in [0, 0.05) is 13.1 Å². The molecule has 0 aromatic carbocycles. The van der Waals surface area contributed by atoms with Gasteiger partial charge < -0.3 is 4.90 Å². The van der Waals surface area contributed by atoms with Gasteiger partial charge >= 0.3 is 0 Å². The molecule has 0 aromatic heterocycles. The molecule has 102 valence electrons. The van der Waals surface area contributed by atoms with Crippen LogP contribution in [0.1, 0.15) is 53.4 Å². The monoisotopic (exact) mass is 247 g/mol. The SMILES string of the molecule is CCC(C)C12CC(C)(C1)C1=C(CCN(C)C1)C2C. The van der Waals surface area contributed by atoms with Gasteiger partial charge in [-0.15, -0.1) is 0 Å². The van der Waals surface area contributed by atoms with E-state index in [1.54, 1.807) is 0 Å². The lowest BCUT2D eigenvalue weighted by atomic mass is 9.38. The summed E-state index contributed by atoms with van der Waals surface area (Å²) in [5.74, 6) is 1.74. The molecule has 2 atom stereocenters. The van der Waals surface area contributed by atoms with E-state index in [1.807, 2.05) is 11.1 Å². The molecular weight excluding hydrogens is 218 g/mol. The average molecular weight is 247 g/mol. The third-order valence-electron chi connectivity index (χ3n) is 6.72. The first-order valence-electron chi connectivity index (χ1n) is 7.84. The van der Waals surface area contributed by atoms with Gasteiger partial charge in [0.05, 0.1) is 0 Å². The van der Waals surface area contributed by atoms with Crippen molar-refractivity contribution < 1.29 is 0 Å². The van der Waals surface area contributed by atoms with E-state index in [4.69, 9.17) is 0 Å². The van der Waals surface area contributed by atoms with Crippen LogP contribution in [-0.2, 0) is 0 Å². The normalized spacial score (nSPS) is 45.5. The molecule has 3 aliphatic carbocycles. The van der Waals surface area contributed by atoms with Crippen LogP contribution >= 0.6 is 0 Å². The Balaban J connectivity index is 1.99. The highest BCUT2D eigenvalue weighted by Crippen LogP contribution is 2.71. The van der Waals surface area contributed by atoms with Crippen molar-refractivity contribution in [2.75, 3.05) is 20.1 Å². The van der Waals surface area contributed by atoms with E-state index < -0.39 is 0 Å². The lowest BCUT2D eigenvalue weighted by Gasteiger charge is -2.67. The fourth-order valence-electron chi connectivity index (χ4n) is 5.42. The van der Waals surface area contributed by atoms with Crippen molar-refractivity contribution >= 4 is 0 Å². The molecule has 2 unspecified atom stereocenters. The second kappa shape index (κ2) is 3.85. The van der Waals surface area contributed by atoms with Gasteiger partial charge in [-0.25, -0.2) is 0 Å². The Morgan fingerprint density at radius 1 is 1.39 bits per heavy atom. The highest BCUT2D eigenvalue weighted by atomic mass is 15.1. The maximum absolute atomic E-state index is 2.54. The largest absolute Gasteiger partial charge is 0.302 e. The number of rotatable bonds is 2. The molecule has 0 spiro atoms.